The van der Waals surface area contributed by atoms with Gasteiger partial charge in [0.2, 0.25) is 5.91 Å². The van der Waals surface area contributed by atoms with Crippen LogP contribution in [0.5, 0.6) is 5.75 Å². The third-order valence-corrected chi connectivity index (χ3v) is 5.41. The number of hydrogen-bond donors (Lipinski definition) is 2. The molecule has 2 aliphatic heterocycles. The average molecular weight is 359 g/mol. The molecule has 0 aromatic heterocycles. The second-order valence-corrected chi connectivity index (χ2v) is 7.19. The van der Waals surface area contributed by atoms with Gasteiger partial charge in [0.25, 0.3) is 0 Å². The molecule has 1 aromatic carbocycles. The van der Waals surface area contributed by atoms with Gasteiger partial charge < -0.3 is 20.3 Å². The van der Waals surface area contributed by atoms with Gasteiger partial charge >= 0.3 is 6.03 Å². The zero-order valence-corrected chi connectivity index (χ0v) is 15.6. The highest BCUT2D eigenvalue weighted by Crippen LogP contribution is 2.31. The fourth-order valence-electron chi connectivity index (χ4n) is 3.88. The van der Waals surface area contributed by atoms with Crippen molar-refractivity contribution in [1.82, 2.24) is 15.5 Å². The van der Waals surface area contributed by atoms with Crippen molar-refractivity contribution in [3.05, 3.63) is 29.8 Å². The first-order valence-corrected chi connectivity index (χ1v) is 9.66. The Morgan fingerprint density at radius 2 is 2.04 bits per heavy atom. The Hall–Kier alpha value is -2.24. The fourth-order valence-corrected chi connectivity index (χ4v) is 3.88. The van der Waals surface area contributed by atoms with Crippen LogP contribution in [0.15, 0.2) is 24.3 Å². The second-order valence-electron chi connectivity index (χ2n) is 7.19. The van der Waals surface area contributed by atoms with Crippen LogP contribution in [-0.4, -0.2) is 48.6 Å². The van der Waals surface area contributed by atoms with Gasteiger partial charge in [0.05, 0.1) is 6.61 Å². The van der Waals surface area contributed by atoms with E-state index in [1.807, 2.05) is 30.0 Å². The predicted octanol–water partition coefficient (Wildman–Crippen LogP) is 2.47. The van der Waals surface area contributed by atoms with Crippen molar-refractivity contribution >= 4 is 11.9 Å². The van der Waals surface area contributed by atoms with Gasteiger partial charge in [-0.3, -0.25) is 4.79 Å². The molecule has 0 radical (unpaired) electrons. The molecule has 6 heteroatoms. The van der Waals surface area contributed by atoms with E-state index in [9.17, 15) is 9.59 Å². The van der Waals surface area contributed by atoms with Crippen LogP contribution >= 0.6 is 0 Å². The number of likely N-dealkylation sites (tertiary alicyclic amines) is 1. The number of amides is 3. The van der Waals surface area contributed by atoms with Crippen LogP contribution < -0.4 is 15.4 Å². The van der Waals surface area contributed by atoms with E-state index in [0.29, 0.717) is 32.7 Å². The summed E-state index contributed by atoms with van der Waals surface area (Å²) in [4.78, 5) is 25.7. The lowest BCUT2D eigenvalue weighted by molar-refractivity contribution is -0.120. The summed E-state index contributed by atoms with van der Waals surface area (Å²) in [5.41, 5.74) is 1.12. The quantitative estimate of drug-likeness (QED) is 0.767. The first kappa shape index (κ1) is 18.5. The van der Waals surface area contributed by atoms with E-state index in [1.165, 1.54) is 5.56 Å². The van der Waals surface area contributed by atoms with Crippen LogP contribution in [-0.2, 0) is 11.2 Å². The summed E-state index contributed by atoms with van der Waals surface area (Å²) in [5, 5.41) is 6.13. The number of para-hydroxylation sites is 1. The van der Waals surface area contributed by atoms with Gasteiger partial charge in [-0.05, 0) is 50.7 Å². The van der Waals surface area contributed by atoms with E-state index in [0.717, 1.165) is 37.9 Å². The number of nitrogens with one attached hydrogen (secondary N) is 2. The number of nitrogens with zero attached hydrogens (tertiary/aromatic N) is 1. The fraction of sp³-hybridized carbons (Fsp3) is 0.600. The summed E-state index contributed by atoms with van der Waals surface area (Å²) in [6, 6.07) is 8.06. The molecule has 2 fully saturated rings. The molecule has 142 valence electrons. The SMILES string of the molecule is CCOc1ccccc1CCCNC(=O)N1CCC2(CCC(=O)N2)CC1. The second kappa shape index (κ2) is 8.43. The Morgan fingerprint density at radius 3 is 2.73 bits per heavy atom. The zero-order valence-electron chi connectivity index (χ0n) is 15.6. The summed E-state index contributed by atoms with van der Waals surface area (Å²) in [6.45, 7) is 4.71. The first-order valence-electron chi connectivity index (χ1n) is 9.66. The van der Waals surface area contributed by atoms with Crippen molar-refractivity contribution in [2.45, 2.75) is 51.0 Å². The molecule has 6 nitrogen and oxygen atoms in total. The molecule has 2 aliphatic rings. The minimum atomic E-state index is -0.0587. The Kier molecular flexibility index (Phi) is 6.01. The van der Waals surface area contributed by atoms with E-state index >= 15 is 0 Å². The average Bonchev–Trinajstić information content (AvgIpc) is 3.01. The van der Waals surface area contributed by atoms with Gasteiger partial charge in [-0.25, -0.2) is 4.79 Å². The van der Waals surface area contributed by atoms with Crippen LogP contribution in [0.2, 0.25) is 0 Å². The number of rotatable bonds is 6. The predicted molar refractivity (Wildman–Crippen MR) is 100 cm³/mol. The maximum Gasteiger partial charge on any atom is 0.317 e. The van der Waals surface area contributed by atoms with E-state index in [-0.39, 0.29) is 17.5 Å². The van der Waals surface area contributed by atoms with Crippen molar-refractivity contribution in [2.75, 3.05) is 26.2 Å². The molecule has 0 saturated carbocycles. The molecule has 0 bridgehead atoms. The maximum absolute atomic E-state index is 12.3. The summed E-state index contributed by atoms with van der Waals surface area (Å²) >= 11 is 0. The monoisotopic (exact) mass is 359 g/mol. The van der Waals surface area contributed by atoms with Crippen molar-refractivity contribution in [2.24, 2.45) is 0 Å². The molecule has 0 atom stereocenters. The molecular formula is C20H29N3O3. The molecule has 26 heavy (non-hydrogen) atoms. The first-order chi connectivity index (χ1) is 12.6. The highest BCUT2D eigenvalue weighted by atomic mass is 16.5. The van der Waals surface area contributed by atoms with Crippen LogP contribution in [0.1, 0.15) is 44.6 Å². The molecule has 0 unspecified atom stereocenters. The Balaban J connectivity index is 1.38. The lowest BCUT2D eigenvalue weighted by Gasteiger charge is -2.39. The molecule has 2 N–H and O–H groups in total. The van der Waals surface area contributed by atoms with Crippen molar-refractivity contribution in [1.29, 1.82) is 0 Å². The van der Waals surface area contributed by atoms with Gasteiger partial charge in [0.15, 0.2) is 0 Å². The lowest BCUT2D eigenvalue weighted by atomic mass is 9.86. The number of piperidine rings is 1. The molecule has 1 spiro atoms. The molecular weight excluding hydrogens is 330 g/mol. The Bertz CT molecular complexity index is 639. The maximum atomic E-state index is 12.3. The number of benzene rings is 1. The summed E-state index contributed by atoms with van der Waals surface area (Å²) in [6.07, 6.45) is 4.99. The largest absolute Gasteiger partial charge is 0.494 e. The zero-order chi connectivity index (χ0) is 18.4. The van der Waals surface area contributed by atoms with Crippen molar-refractivity contribution in [3.63, 3.8) is 0 Å². The van der Waals surface area contributed by atoms with Crippen LogP contribution in [0.3, 0.4) is 0 Å². The van der Waals surface area contributed by atoms with Gasteiger partial charge in [-0.1, -0.05) is 18.2 Å². The van der Waals surface area contributed by atoms with E-state index < -0.39 is 0 Å². The minimum Gasteiger partial charge on any atom is -0.494 e. The summed E-state index contributed by atoms with van der Waals surface area (Å²) < 4.78 is 5.64. The topological polar surface area (TPSA) is 70.7 Å². The Labute approximate surface area is 155 Å². The molecule has 1 aromatic rings. The highest BCUT2D eigenvalue weighted by Gasteiger charge is 2.40. The molecule has 3 amide bonds. The molecule has 2 saturated heterocycles. The van der Waals surface area contributed by atoms with Crippen molar-refractivity contribution < 1.29 is 14.3 Å². The summed E-state index contributed by atoms with van der Waals surface area (Å²) in [5.74, 6) is 1.08. The van der Waals surface area contributed by atoms with Gasteiger partial charge in [0.1, 0.15) is 5.75 Å². The van der Waals surface area contributed by atoms with Crippen LogP contribution in [0.25, 0.3) is 0 Å². The number of urea groups is 1. The standard InChI is InChI=1S/C20H29N3O3/c1-2-26-17-8-4-3-6-16(17)7-5-13-21-19(25)23-14-11-20(12-15-23)10-9-18(24)22-20/h3-4,6,8H,2,5,7,9-15H2,1H3,(H,21,25)(H,22,24). The number of carbonyl (C=O) groups is 2. The van der Waals surface area contributed by atoms with Gasteiger partial charge in [-0.15, -0.1) is 0 Å². The third kappa shape index (κ3) is 4.48. The highest BCUT2D eigenvalue weighted by molar-refractivity contribution is 5.79. The van der Waals surface area contributed by atoms with Gasteiger partial charge in [-0.2, -0.15) is 0 Å². The normalized spacial score (nSPS) is 18.7. The lowest BCUT2D eigenvalue weighted by Crippen LogP contribution is -2.54. The number of carbonyl (C=O) groups excluding carboxylic acids is 2. The van der Waals surface area contributed by atoms with Gasteiger partial charge in [0, 0.05) is 31.6 Å². The van der Waals surface area contributed by atoms with Crippen molar-refractivity contribution in [3.8, 4) is 5.75 Å². The smallest absolute Gasteiger partial charge is 0.317 e. The third-order valence-electron chi connectivity index (χ3n) is 5.41. The Morgan fingerprint density at radius 1 is 1.27 bits per heavy atom. The number of ether oxygens (including phenoxy) is 1. The van der Waals surface area contributed by atoms with Crippen LogP contribution in [0, 0.1) is 0 Å². The van der Waals surface area contributed by atoms with Crippen LogP contribution in [0.4, 0.5) is 4.79 Å². The summed E-state index contributed by atoms with van der Waals surface area (Å²) in [7, 11) is 0. The van der Waals surface area contributed by atoms with E-state index in [4.69, 9.17) is 4.74 Å². The molecule has 3 rings (SSSR count). The number of aryl methyl sites for hydroxylation is 1. The minimum absolute atomic E-state index is 0.00210. The molecule has 2 heterocycles. The van der Waals surface area contributed by atoms with E-state index in [1.54, 1.807) is 0 Å². The number of hydrogen-bond acceptors (Lipinski definition) is 3. The molecule has 0 aliphatic carbocycles. The van der Waals surface area contributed by atoms with E-state index in [2.05, 4.69) is 16.7 Å².